The van der Waals surface area contributed by atoms with Gasteiger partial charge in [-0.3, -0.25) is 0 Å². The van der Waals surface area contributed by atoms with Crippen LogP contribution in [0.4, 0.5) is 0 Å². The molecule has 0 spiro atoms. The second-order valence-corrected chi connectivity index (χ2v) is 3.12. The Labute approximate surface area is 87.4 Å². The Morgan fingerprint density at radius 1 is 1.07 bits per heavy atom. The van der Waals surface area contributed by atoms with Crippen LogP contribution < -0.4 is 0 Å². The van der Waals surface area contributed by atoms with E-state index in [9.17, 15) is 9.59 Å². The first-order chi connectivity index (χ1) is 7.20. The first-order valence-corrected chi connectivity index (χ1v) is 4.40. The molecule has 0 heterocycles. The number of nitrogens with zero attached hydrogens (tertiary/aromatic N) is 2. The third-order valence-electron chi connectivity index (χ3n) is 2.15. The Bertz CT molecular complexity index is 417. The average Bonchev–Trinajstić information content (AvgIpc) is 2.18. The van der Waals surface area contributed by atoms with E-state index >= 15 is 0 Å². The van der Waals surface area contributed by atoms with Crippen LogP contribution in [0.15, 0.2) is 28.2 Å². The van der Waals surface area contributed by atoms with Gasteiger partial charge >= 0.3 is 0 Å². The molecule has 15 heavy (non-hydrogen) atoms. The summed E-state index contributed by atoms with van der Waals surface area (Å²) in [6, 6.07) is 5.63. The molecule has 1 aromatic carbocycles. The number of hydrogen-bond donors (Lipinski definition) is 0. The van der Waals surface area contributed by atoms with E-state index in [2.05, 4.69) is 9.98 Å². The lowest BCUT2D eigenvalue weighted by atomic mass is 10.0. The van der Waals surface area contributed by atoms with Gasteiger partial charge in [-0.25, -0.2) is 9.59 Å². The summed E-state index contributed by atoms with van der Waals surface area (Å²) >= 11 is 0. The van der Waals surface area contributed by atoms with E-state index in [0.717, 1.165) is 16.7 Å². The van der Waals surface area contributed by atoms with Crippen molar-refractivity contribution < 1.29 is 9.59 Å². The fraction of sp³-hybridized carbons (Fsp3) is 0.273. The molecule has 0 aliphatic rings. The van der Waals surface area contributed by atoms with E-state index in [1.165, 1.54) is 12.2 Å². The largest absolute Gasteiger partial charge is 0.237 e. The minimum atomic E-state index is -0.818. The van der Waals surface area contributed by atoms with Crippen LogP contribution in [-0.4, -0.2) is 12.2 Å². The van der Waals surface area contributed by atoms with Crippen LogP contribution >= 0.6 is 0 Å². The van der Waals surface area contributed by atoms with Crippen molar-refractivity contribution in [1.29, 1.82) is 0 Å². The van der Waals surface area contributed by atoms with Gasteiger partial charge in [0, 0.05) is 5.56 Å². The van der Waals surface area contributed by atoms with Gasteiger partial charge in [0.2, 0.25) is 12.2 Å². The van der Waals surface area contributed by atoms with Crippen molar-refractivity contribution in [3.05, 3.63) is 34.9 Å². The standard InChI is InChI=1S/C11H10N2O2/c1-8-4-3-5-9(2)10(8)11(12-6-14)13-7-15/h3-5,11H,1-2H3. The number of carbonyl (C=O) groups excluding carboxylic acids is 2. The van der Waals surface area contributed by atoms with Gasteiger partial charge in [0.25, 0.3) is 0 Å². The molecule has 1 rings (SSSR count). The van der Waals surface area contributed by atoms with Crippen molar-refractivity contribution in [3.63, 3.8) is 0 Å². The van der Waals surface area contributed by atoms with Crippen LogP contribution in [0.5, 0.6) is 0 Å². The van der Waals surface area contributed by atoms with E-state index in [4.69, 9.17) is 0 Å². The van der Waals surface area contributed by atoms with Crippen LogP contribution in [-0.2, 0) is 9.59 Å². The lowest BCUT2D eigenvalue weighted by Gasteiger charge is -2.10. The highest BCUT2D eigenvalue weighted by Gasteiger charge is 2.13. The van der Waals surface area contributed by atoms with Crippen molar-refractivity contribution >= 4 is 12.2 Å². The third kappa shape index (κ3) is 2.47. The second kappa shape index (κ2) is 5.01. The topological polar surface area (TPSA) is 58.9 Å². The van der Waals surface area contributed by atoms with Gasteiger partial charge in [0.05, 0.1) is 0 Å². The number of isocyanates is 2. The predicted octanol–water partition coefficient (Wildman–Crippen LogP) is 1.97. The molecular formula is C11H10N2O2. The molecule has 0 aliphatic heterocycles. The minimum absolute atomic E-state index is 0.754. The molecule has 0 fully saturated rings. The molecular weight excluding hydrogens is 192 g/mol. The zero-order chi connectivity index (χ0) is 11.3. The fourth-order valence-electron chi connectivity index (χ4n) is 1.49. The summed E-state index contributed by atoms with van der Waals surface area (Å²) in [4.78, 5) is 27.4. The molecule has 0 aliphatic carbocycles. The number of rotatable bonds is 3. The van der Waals surface area contributed by atoms with Gasteiger partial charge in [0.15, 0.2) is 6.17 Å². The quantitative estimate of drug-likeness (QED) is 0.555. The summed E-state index contributed by atoms with van der Waals surface area (Å²) < 4.78 is 0. The van der Waals surface area contributed by atoms with Crippen molar-refractivity contribution in [3.8, 4) is 0 Å². The smallest absolute Gasteiger partial charge is 0.211 e. The SMILES string of the molecule is Cc1cccc(C)c1C(N=C=O)N=C=O. The third-order valence-corrected chi connectivity index (χ3v) is 2.15. The Balaban J connectivity index is 3.33. The zero-order valence-corrected chi connectivity index (χ0v) is 8.52. The number of aliphatic imine (C=N–C) groups is 2. The Kier molecular flexibility index (Phi) is 3.69. The maximum atomic E-state index is 10.2. The molecule has 4 heteroatoms. The molecule has 76 valence electrons. The van der Waals surface area contributed by atoms with Crippen LogP contribution in [0.2, 0.25) is 0 Å². The van der Waals surface area contributed by atoms with Crippen LogP contribution in [0.1, 0.15) is 22.9 Å². The van der Waals surface area contributed by atoms with E-state index in [1.807, 2.05) is 32.0 Å². The summed E-state index contributed by atoms with van der Waals surface area (Å²) in [6.45, 7) is 3.74. The molecule has 0 saturated carbocycles. The molecule has 0 aromatic heterocycles. The van der Waals surface area contributed by atoms with E-state index in [-0.39, 0.29) is 0 Å². The highest BCUT2D eigenvalue weighted by atomic mass is 16.1. The van der Waals surface area contributed by atoms with Crippen molar-refractivity contribution in [2.75, 3.05) is 0 Å². The summed E-state index contributed by atoms with van der Waals surface area (Å²) in [6.07, 6.45) is 2.00. The molecule has 0 atom stereocenters. The van der Waals surface area contributed by atoms with Gasteiger partial charge in [-0.1, -0.05) is 18.2 Å². The maximum absolute atomic E-state index is 10.2. The fourth-order valence-corrected chi connectivity index (χ4v) is 1.49. The minimum Gasteiger partial charge on any atom is -0.211 e. The van der Waals surface area contributed by atoms with Crippen LogP contribution in [0.3, 0.4) is 0 Å². The predicted molar refractivity (Wildman–Crippen MR) is 54.9 cm³/mol. The monoisotopic (exact) mass is 202 g/mol. The molecule has 0 N–H and O–H groups in total. The van der Waals surface area contributed by atoms with Gasteiger partial charge < -0.3 is 0 Å². The average molecular weight is 202 g/mol. The van der Waals surface area contributed by atoms with Crippen molar-refractivity contribution in [1.82, 2.24) is 0 Å². The van der Waals surface area contributed by atoms with Gasteiger partial charge in [-0.2, -0.15) is 9.98 Å². The normalized spacial score (nSPS) is 11.1. The maximum Gasteiger partial charge on any atom is 0.237 e. The van der Waals surface area contributed by atoms with Crippen molar-refractivity contribution in [2.45, 2.75) is 20.0 Å². The Morgan fingerprint density at radius 2 is 1.53 bits per heavy atom. The molecule has 0 amide bonds. The molecule has 0 radical (unpaired) electrons. The lowest BCUT2D eigenvalue weighted by Crippen LogP contribution is -1.98. The molecule has 0 saturated heterocycles. The van der Waals surface area contributed by atoms with Gasteiger partial charge in [0.1, 0.15) is 0 Å². The first kappa shape index (κ1) is 11.1. The Morgan fingerprint density at radius 3 is 1.93 bits per heavy atom. The van der Waals surface area contributed by atoms with Gasteiger partial charge in [-0.15, -0.1) is 0 Å². The zero-order valence-electron chi connectivity index (χ0n) is 8.52. The summed E-state index contributed by atoms with van der Waals surface area (Å²) in [5, 5.41) is 0. The lowest BCUT2D eigenvalue weighted by molar-refractivity contribution is 0.551. The molecule has 4 nitrogen and oxygen atoms in total. The van der Waals surface area contributed by atoms with Gasteiger partial charge in [-0.05, 0) is 25.0 Å². The number of hydrogen-bond acceptors (Lipinski definition) is 4. The van der Waals surface area contributed by atoms with Crippen LogP contribution in [0.25, 0.3) is 0 Å². The summed E-state index contributed by atoms with van der Waals surface area (Å²) in [5.74, 6) is 0. The Hall–Kier alpha value is -2.02. The van der Waals surface area contributed by atoms with Crippen LogP contribution in [0, 0.1) is 13.8 Å². The summed E-state index contributed by atoms with van der Waals surface area (Å²) in [7, 11) is 0. The highest BCUT2D eigenvalue weighted by molar-refractivity contribution is 5.43. The van der Waals surface area contributed by atoms with Crippen molar-refractivity contribution in [2.24, 2.45) is 9.98 Å². The molecule has 0 bridgehead atoms. The van der Waals surface area contributed by atoms with E-state index < -0.39 is 6.17 Å². The first-order valence-electron chi connectivity index (χ1n) is 4.40. The molecule has 1 aromatic rings. The highest BCUT2D eigenvalue weighted by Crippen LogP contribution is 2.25. The second-order valence-electron chi connectivity index (χ2n) is 3.12. The van der Waals surface area contributed by atoms with E-state index in [1.54, 1.807) is 0 Å². The number of aryl methyl sites for hydroxylation is 2. The van der Waals surface area contributed by atoms with E-state index in [0.29, 0.717) is 0 Å². The number of benzene rings is 1. The molecule has 0 unspecified atom stereocenters. The summed E-state index contributed by atoms with van der Waals surface area (Å²) in [5.41, 5.74) is 2.61.